The number of phosphoric acid groups is 1. The van der Waals surface area contributed by atoms with Crippen LogP contribution in [0.3, 0.4) is 0 Å². The van der Waals surface area contributed by atoms with Crippen LogP contribution in [0, 0.1) is 0 Å². The molecule has 0 aliphatic rings. The standard InChI is InChI=1S/C9H21O4P.C3H9O3P/c1-4-7-11-14(10,12-8-5-2)13-9-6-3;1-4-7(5-2)6-3/h4-9H2,1-3H3;1-3H3. The van der Waals surface area contributed by atoms with Crippen molar-refractivity contribution in [3.8, 4) is 0 Å². The van der Waals surface area contributed by atoms with Gasteiger partial charge in [-0.2, -0.15) is 0 Å². The molecule has 21 heavy (non-hydrogen) atoms. The van der Waals surface area contributed by atoms with Crippen molar-refractivity contribution in [1.82, 2.24) is 0 Å². The molecule has 0 aromatic rings. The summed E-state index contributed by atoms with van der Waals surface area (Å²) in [5.74, 6) is 0. The van der Waals surface area contributed by atoms with E-state index in [2.05, 4.69) is 13.6 Å². The van der Waals surface area contributed by atoms with Gasteiger partial charge in [0.25, 0.3) is 0 Å². The maximum atomic E-state index is 11.8. The van der Waals surface area contributed by atoms with Crippen molar-refractivity contribution in [3.63, 3.8) is 0 Å². The quantitative estimate of drug-likeness (QED) is 0.480. The van der Waals surface area contributed by atoms with Crippen LogP contribution >= 0.6 is 16.4 Å². The van der Waals surface area contributed by atoms with E-state index in [-0.39, 0.29) is 0 Å². The molecule has 0 radical (unpaired) electrons. The first-order valence-electron chi connectivity index (χ1n) is 6.99. The molecule has 0 atom stereocenters. The molecule has 0 spiro atoms. The van der Waals surface area contributed by atoms with Gasteiger partial charge in [-0.1, -0.05) is 20.8 Å². The van der Waals surface area contributed by atoms with Gasteiger partial charge in [0.05, 0.1) is 19.8 Å². The van der Waals surface area contributed by atoms with Gasteiger partial charge in [0, 0.05) is 21.3 Å². The Bertz CT molecular complexity index is 216. The van der Waals surface area contributed by atoms with Crippen molar-refractivity contribution >= 4 is 16.4 Å². The largest absolute Gasteiger partial charge is 0.474 e. The number of hydrogen-bond donors (Lipinski definition) is 0. The average molecular weight is 348 g/mol. The molecule has 0 saturated heterocycles. The predicted molar refractivity (Wildman–Crippen MR) is 84.3 cm³/mol. The molecule has 9 heteroatoms. The molecule has 0 aromatic carbocycles. The third-order valence-corrected chi connectivity index (χ3v) is 4.20. The lowest BCUT2D eigenvalue weighted by molar-refractivity contribution is 0.113. The molecule has 0 heterocycles. The third kappa shape index (κ3) is 15.1. The van der Waals surface area contributed by atoms with Crippen molar-refractivity contribution in [2.24, 2.45) is 0 Å². The van der Waals surface area contributed by atoms with Gasteiger partial charge in [0.15, 0.2) is 0 Å². The van der Waals surface area contributed by atoms with Gasteiger partial charge in [0.1, 0.15) is 0 Å². The van der Waals surface area contributed by atoms with Crippen molar-refractivity contribution in [2.45, 2.75) is 40.0 Å². The molecule has 0 rings (SSSR count). The Morgan fingerprint density at radius 3 is 1.14 bits per heavy atom. The molecule has 0 bridgehead atoms. The molecule has 0 fully saturated rings. The molecule has 0 aliphatic heterocycles. The van der Waals surface area contributed by atoms with Crippen LogP contribution < -0.4 is 0 Å². The molecule has 0 amide bonds. The van der Waals surface area contributed by atoms with Gasteiger partial charge in [-0.15, -0.1) is 0 Å². The molecular weight excluding hydrogens is 318 g/mol. The van der Waals surface area contributed by atoms with Gasteiger partial charge in [-0.3, -0.25) is 13.6 Å². The summed E-state index contributed by atoms with van der Waals surface area (Å²) in [7, 11) is 0.298. The molecular formula is C12H30O7P2. The van der Waals surface area contributed by atoms with E-state index >= 15 is 0 Å². The highest BCUT2D eigenvalue weighted by atomic mass is 31.2. The topological polar surface area (TPSA) is 72.5 Å². The highest BCUT2D eigenvalue weighted by molar-refractivity contribution is 7.48. The number of hydrogen-bond acceptors (Lipinski definition) is 7. The normalized spacial score (nSPS) is 11.4. The Balaban J connectivity index is 0. The van der Waals surface area contributed by atoms with Crippen LogP contribution in [0.25, 0.3) is 0 Å². The van der Waals surface area contributed by atoms with Crippen LogP contribution in [0.1, 0.15) is 40.0 Å². The Morgan fingerprint density at radius 2 is 1.00 bits per heavy atom. The fourth-order valence-corrected chi connectivity index (χ4v) is 2.83. The van der Waals surface area contributed by atoms with Crippen LogP contribution in [-0.2, 0) is 31.7 Å². The number of rotatable bonds is 12. The Morgan fingerprint density at radius 1 is 0.714 bits per heavy atom. The summed E-state index contributed by atoms with van der Waals surface area (Å²) in [6.07, 6.45) is 2.40. The van der Waals surface area contributed by atoms with E-state index in [9.17, 15) is 4.57 Å². The molecule has 0 N–H and O–H groups in total. The SMILES string of the molecule is CCCOP(=O)(OCCC)OCCC.COP(OC)OC. The Hall–Kier alpha value is 0.420. The molecule has 0 aliphatic carbocycles. The molecule has 0 unspecified atom stereocenters. The average Bonchev–Trinajstić information content (AvgIpc) is 2.51. The summed E-state index contributed by atoms with van der Waals surface area (Å²) in [5.41, 5.74) is 0. The predicted octanol–water partition coefficient (Wildman–Crippen LogP) is 4.53. The maximum Gasteiger partial charge on any atom is 0.474 e. The van der Waals surface area contributed by atoms with E-state index in [1.807, 2.05) is 20.8 Å². The fraction of sp³-hybridized carbons (Fsp3) is 1.00. The summed E-state index contributed by atoms with van der Waals surface area (Å²) >= 11 is 0. The molecule has 0 aromatic heterocycles. The van der Waals surface area contributed by atoms with Crippen molar-refractivity contribution in [3.05, 3.63) is 0 Å². The van der Waals surface area contributed by atoms with Gasteiger partial charge >= 0.3 is 16.4 Å². The second-order valence-corrected chi connectivity index (χ2v) is 6.93. The first-order valence-corrected chi connectivity index (χ1v) is 9.55. The Labute approximate surface area is 130 Å². The van der Waals surface area contributed by atoms with Crippen LogP contribution in [0.2, 0.25) is 0 Å². The second-order valence-electron chi connectivity index (χ2n) is 3.72. The van der Waals surface area contributed by atoms with Gasteiger partial charge in [0.2, 0.25) is 0 Å². The minimum atomic E-state index is -3.27. The molecule has 7 nitrogen and oxygen atoms in total. The highest BCUT2D eigenvalue weighted by Crippen LogP contribution is 2.49. The second kappa shape index (κ2) is 16.8. The lowest BCUT2D eigenvalue weighted by atomic mass is 10.5. The van der Waals surface area contributed by atoms with Gasteiger partial charge in [-0.05, 0) is 19.3 Å². The monoisotopic (exact) mass is 348 g/mol. The summed E-state index contributed by atoms with van der Waals surface area (Å²) in [4.78, 5) is 0. The minimum Gasteiger partial charge on any atom is -0.316 e. The zero-order valence-corrected chi connectivity index (χ0v) is 15.8. The lowest BCUT2D eigenvalue weighted by Crippen LogP contribution is -2.02. The lowest BCUT2D eigenvalue weighted by Gasteiger charge is -2.16. The first kappa shape index (κ1) is 23.7. The summed E-state index contributed by atoms with van der Waals surface area (Å²) in [6, 6.07) is 0. The van der Waals surface area contributed by atoms with Crippen molar-refractivity contribution < 1.29 is 31.7 Å². The zero-order valence-electron chi connectivity index (χ0n) is 14.0. The van der Waals surface area contributed by atoms with Crippen LogP contribution in [0.5, 0.6) is 0 Å². The van der Waals surface area contributed by atoms with E-state index in [0.29, 0.717) is 19.8 Å². The maximum absolute atomic E-state index is 11.8. The first-order chi connectivity index (χ1) is 10.0. The van der Waals surface area contributed by atoms with Gasteiger partial charge < -0.3 is 13.6 Å². The summed E-state index contributed by atoms with van der Waals surface area (Å²) < 4.78 is 41.1. The van der Waals surface area contributed by atoms with Crippen LogP contribution in [0.4, 0.5) is 0 Å². The van der Waals surface area contributed by atoms with Crippen molar-refractivity contribution in [2.75, 3.05) is 41.2 Å². The van der Waals surface area contributed by atoms with Crippen LogP contribution in [-0.4, -0.2) is 41.2 Å². The highest BCUT2D eigenvalue weighted by Gasteiger charge is 2.25. The number of phosphoric ester groups is 1. The van der Waals surface area contributed by atoms with E-state index in [1.54, 1.807) is 21.3 Å². The molecule has 130 valence electrons. The smallest absolute Gasteiger partial charge is 0.316 e. The summed E-state index contributed by atoms with van der Waals surface area (Å²) in [6.45, 7) is 7.07. The molecule has 0 saturated carbocycles. The van der Waals surface area contributed by atoms with E-state index in [1.165, 1.54) is 0 Å². The third-order valence-electron chi connectivity index (χ3n) is 1.81. The van der Waals surface area contributed by atoms with E-state index in [4.69, 9.17) is 13.6 Å². The Kier molecular flexibility index (Phi) is 18.9. The van der Waals surface area contributed by atoms with Gasteiger partial charge in [-0.25, -0.2) is 4.57 Å². The van der Waals surface area contributed by atoms with Crippen molar-refractivity contribution in [1.29, 1.82) is 0 Å². The van der Waals surface area contributed by atoms with E-state index < -0.39 is 16.4 Å². The van der Waals surface area contributed by atoms with Crippen LogP contribution in [0.15, 0.2) is 0 Å². The fourth-order valence-electron chi connectivity index (χ4n) is 0.945. The zero-order chi connectivity index (χ0) is 16.6. The summed E-state index contributed by atoms with van der Waals surface area (Å²) in [5, 5.41) is 0. The van der Waals surface area contributed by atoms with E-state index in [0.717, 1.165) is 19.3 Å². The minimum absolute atomic E-state index is 0.407.